The zero-order valence-electron chi connectivity index (χ0n) is 30.9. The summed E-state index contributed by atoms with van der Waals surface area (Å²) < 4.78 is 29.3. The van der Waals surface area contributed by atoms with E-state index in [2.05, 4.69) is 31.3 Å². The van der Waals surface area contributed by atoms with Gasteiger partial charge in [0.2, 0.25) is 12.2 Å². The van der Waals surface area contributed by atoms with Crippen LogP contribution in [0.5, 0.6) is 0 Å². The molecule has 1 amide bonds. The number of amides is 1. The predicted octanol–water partition coefficient (Wildman–Crippen LogP) is 8.94. The molecule has 1 rings (SSSR count). The van der Waals surface area contributed by atoms with Gasteiger partial charge in [-0.15, -0.1) is 0 Å². The number of hydrogen-bond acceptors (Lipinski definition) is 7. The van der Waals surface area contributed by atoms with Crippen molar-refractivity contribution in [1.29, 1.82) is 0 Å². The molecule has 1 aliphatic heterocycles. The Morgan fingerprint density at radius 3 is 2.04 bits per heavy atom. The summed E-state index contributed by atoms with van der Waals surface area (Å²) in [5, 5.41) is 14.3. The van der Waals surface area contributed by atoms with Crippen molar-refractivity contribution in [3.63, 3.8) is 0 Å². The van der Waals surface area contributed by atoms with E-state index in [9.17, 15) is 9.90 Å². The number of carbonyl (C=O) groups is 1. The van der Waals surface area contributed by atoms with Gasteiger partial charge in [-0.2, -0.15) is 0 Å². The Morgan fingerprint density at radius 1 is 0.830 bits per heavy atom. The van der Waals surface area contributed by atoms with Crippen LogP contribution < -0.4 is 5.32 Å². The molecule has 47 heavy (non-hydrogen) atoms. The number of rotatable bonds is 31. The Hall–Kier alpha value is -1.45. The van der Waals surface area contributed by atoms with Crippen molar-refractivity contribution in [3.05, 3.63) is 24.5 Å². The van der Waals surface area contributed by atoms with Gasteiger partial charge in [-0.25, -0.2) is 0 Å². The minimum Gasteiger partial charge on any atom is -0.471 e. The van der Waals surface area contributed by atoms with Gasteiger partial charge in [0.25, 0.3) is 0 Å². The molecule has 276 valence electrons. The van der Waals surface area contributed by atoms with Gasteiger partial charge in [0, 0.05) is 27.2 Å². The van der Waals surface area contributed by atoms with E-state index in [1.807, 2.05) is 6.92 Å². The van der Waals surface area contributed by atoms with Gasteiger partial charge < -0.3 is 34.1 Å². The Balaban J connectivity index is 2.53. The molecule has 0 saturated carbocycles. The van der Waals surface area contributed by atoms with Gasteiger partial charge in [0.1, 0.15) is 24.4 Å². The maximum atomic E-state index is 13.1. The fourth-order valence-corrected chi connectivity index (χ4v) is 6.15. The molecule has 0 aliphatic carbocycles. The molecule has 8 nitrogen and oxygen atoms in total. The molecule has 6 atom stereocenters. The first-order chi connectivity index (χ1) is 23.0. The fraction of sp³-hybridized carbons (Fsp3) is 0.872. The highest BCUT2D eigenvalue weighted by atomic mass is 16.7. The van der Waals surface area contributed by atoms with Crippen LogP contribution in [0.1, 0.15) is 156 Å². The normalized spacial score (nSPS) is 22.3. The average molecular weight is 668 g/mol. The van der Waals surface area contributed by atoms with E-state index in [-0.39, 0.29) is 18.6 Å². The van der Waals surface area contributed by atoms with Gasteiger partial charge in [-0.05, 0) is 51.9 Å². The highest BCUT2D eigenvalue weighted by molar-refractivity contribution is 5.76. The Morgan fingerprint density at radius 2 is 1.43 bits per heavy atom. The van der Waals surface area contributed by atoms with Crippen molar-refractivity contribution in [3.8, 4) is 0 Å². The summed E-state index contributed by atoms with van der Waals surface area (Å²) in [6, 6.07) is -0.665. The van der Waals surface area contributed by atoms with Crippen LogP contribution in [0, 0.1) is 0 Å². The first-order valence-electron chi connectivity index (χ1n) is 19.2. The van der Waals surface area contributed by atoms with Gasteiger partial charge >= 0.3 is 0 Å². The van der Waals surface area contributed by atoms with Crippen molar-refractivity contribution in [2.45, 2.75) is 192 Å². The summed E-state index contributed by atoms with van der Waals surface area (Å²) in [6.07, 6.45) is 28.9. The smallest absolute Gasteiger partial charge is 0.222 e. The number of unbranched alkanes of at least 4 members (excludes halogenated alkanes) is 15. The minimum atomic E-state index is -0.984. The largest absolute Gasteiger partial charge is 0.471 e. The van der Waals surface area contributed by atoms with E-state index >= 15 is 0 Å². The van der Waals surface area contributed by atoms with Crippen molar-refractivity contribution < 1.29 is 33.6 Å². The summed E-state index contributed by atoms with van der Waals surface area (Å²) in [7, 11) is 3.31. The Labute approximate surface area is 288 Å². The maximum Gasteiger partial charge on any atom is 0.222 e. The first kappa shape index (κ1) is 43.6. The quantitative estimate of drug-likeness (QED) is 0.0433. The van der Waals surface area contributed by atoms with Crippen molar-refractivity contribution in [1.82, 2.24) is 5.32 Å². The lowest BCUT2D eigenvalue weighted by Gasteiger charge is -2.44. The molecule has 1 fully saturated rings. The van der Waals surface area contributed by atoms with Crippen LogP contribution >= 0.6 is 0 Å². The zero-order chi connectivity index (χ0) is 34.4. The lowest BCUT2D eigenvalue weighted by Crippen LogP contribution is -2.65. The highest BCUT2D eigenvalue weighted by Gasteiger charge is 2.47. The lowest BCUT2D eigenvalue weighted by atomic mass is 9.96. The second-order valence-electron chi connectivity index (χ2n) is 13.2. The van der Waals surface area contributed by atoms with Crippen LogP contribution in [0.3, 0.4) is 0 Å². The zero-order valence-corrected chi connectivity index (χ0v) is 30.9. The van der Waals surface area contributed by atoms with E-state index in [1.165, 1.54) is 89.9 Å². The Bertz CT molecular complexity index is 776. The number of ether oxygens (including phenoxy) is 5. The molecule has 1 heterocycles. The predicted molar refractivity (Wildman–Crippen MR) is 192 cm³/mol. The molecule has 0 radical (unpaired) electrons. The average Bonchev–Trinajstić information content (AvgIpc) is 3.07. The van der Waals surface area contributed by atoms with Crippen LogP contribution in [0.15, 0.2) is 24.5 Å². The number of methoxy groups -OCH3 is 2. The Kier molecular flexibility index (Phi) is 28.4. The van der Waals surface area contributed by atoms with E-state index in [0.717, 1.165) is 32.1 Å². The van der Waals surface area contributed by atoms with Crippen LogP contribution in [0.4, 0.5) is 0 Å². The van der Waals surface area contributed by atoms with E-state index in [4.69, 9.17) is 23.7 Å². The standard InChI is InChI=1S/C39H73NO7/c1-6-9-11-13-14-15-16-17-18-19-20-21-22-24-26-28-35(41)40-36-38(37(42)34(32-43-4)47-39(36)46-30-8-3)45-31-29-33(44-5)27-25-23-12-10-7-2/h8,15-16,30,33-34,36-39,42H,6-7,9-14,17-29,31-32H2,1-5H3,(H,40,41)/t33-,34-,36-,37?,38-,39+/m1/s1. The molecule has 0 aromatic rings. The first-order valence-corrected chi connectivity index (χ1v) is 19.2. The molecule has 0 aromatic heterocycles. The van der Waals surface area contributed by atoms with Gasteiger partial charge in [-0.1, -0.05) is 116 Å². The highest BCUT2D eigenvalue weighted by Crippen LogP contribution is 2.26. The summed E-state index contributed by atoms with van der Waals surface area (Å²) in [5.41, 5.74) is 0. The molecular formula is C39H73NO7. The van der Waals surface area contributed by atoms with Crippen molar-refractivity contribution in [2.24, 2.45) is 0 Å². The number of aliphatic hydroxyl groups is 1. The van der Waals surface area contributed by atoms with E-state index in [1.54, 1.807) is 26.6 Å². The summed E-state index contributed by atoms with van der Waals surface area (Å²) in [6.45, 7) is 6.91. The summed E-state index contributed by atoms with van der Waals surface area (Å²) in [5.74, 6) is -0.0815. The van der Waals surface area contributed by atoms with Gasteiger partial charge in [0.15, 0.2) is 0 Å². The lowest BCUT2D eigenvalue weighted by molar-refractivity contribution is -0.265. The molecule has 1 aliphatic rings. The van der Waals surface area contributed by atoms with Gasteiger partial charge in [0.05, 0.1) is 19.0 Å². The number of nitrogens with one attached hydrogen (secondary N) is 1. The molecule has 0 bridgehead atoms. The van der Waals surface area contributed by atoms with Gasteiger partial charge in [-0.3, -0.25) is 4.79 Å². The number of aliphatic hydroxyl groups excluding tert-OH is 1. The van der Waals surface area contributed by atoms with Crippen LogP contribution in [-0.4, -0.2) is 75.2 Å². The molecule has 0 spiro atoms. The molecular weight excluding hydrogens is 594 g/mol. The van der Waals surface area contributed by atoms with E-state index in [0.29, 0.717) is 19.4 Å². The van der Waals surface area contributed by atoms with Crippen LogP contribution in [-0.2, 0) is 28.5 Å². The van der Waals surface area contributed by atoms with Crippen LogP contribution in [0.25, 0.3) is 0 Å². The SMILES string of the molecule is CC=CO[C@H]1O[C@H](COC)C(O)[C@H](OCC[C@@H](CCCCCCC)OC)[C@H]1NC(=O)CCCCCCCCCC=CCCCCCC. The summed E-state index contributed by atoms with van der Waals surface area (Å²) in [4.78, 5) is 13.1. The molecule has 1 saturated heterocycles. The molecule has 1 unspecified atom stereocenters. The number of allylic oxidation sites excluding steroid dienone is 3. The van der Waals surface area contributed by atoms with E-state index < -0.39 is 30.6 Å². The van der Waals surface area contributed by atoms with Crippen molar-refractivity contribution >= 4 is 5.91 Å². The third-order valence-electron chi connectivity index (χ3n) is 9.06. The topological polar surface area (TPSA) is 95.5 Å². The minimum absolute atomic E-state index is 0.0815. The number of carbonyl (C=O) groups excluding carboxylic acids is 1. The second-order valence-corrected chi connectivity index (χ2v) is 13.2. The summed E-state index contributed by atoms with van der Waals surface area (Å²) >= 11 is 0. The molecule has 0 aromatic carbocycles. The third kappa shape index (κ3) is 21.3. The number of hydrogen-bond donors (Lipinski definition) is 2. The maximum absolute atomic E-state index is 13.1. The fourth-order valence-electron chi connectivity index (χ4n) is 6.15. The third-order valence-corrected chi connectivity index (χ3v) is 9.06. The second kappa shape index (κ2) is 30.6. The molecule has 2 N–H and O–H groups in total. The van der Waals surface area contributed by atoms with Crippen molar-refractivity contribution in [2.75, 3.05) is 27.4 Å². The molecule has 8 heteroatoms. The monoisotopic (exact) mass is 668 g/mol. The van der Waals surface area contributed by atoms with Crippen LogP contribution in [0.2, 0.25) is 0 Å².